The standard InChI is InChI=1S/2C10H12NO2.Fe/c2*12-10(8-4-1-2-5-8)11-9-6-3-7-13-9;/h2*1-2,4-5,9H,3,6-7H2,(H,11,12);/q;;+2. The van der Waals surface area contributed by atoms with Crippen LogP contribution in [0.2, 0.25) is 0 Å². The molecule has 2 atom stereocenters. The van der Waals surface area contributed by atoms with Crippen molar-refractivity contribution in [3.8, 4) is 0 Å². The number of hydrogen-bond acceptors (Lipinski definition) is 4. The monoisotopic (exact) mass is 412 g/mol. The number of nitrogens with one attached hydrogen (secondary N) is 2. The Labute approximate surface area is 173 Å². The summed E-state index contributed by atoms with van der Waals surface area (Å²) in [5.41, 5.74) is 0. The molecule has 2 aliphatic heterocycles. The van der Waals surface area contributed by atoms with Crippen LogP contribution >= 0.6 is 0 Å². The zero-order valence-corrected chi connectivity index (χ0v) is 16.1. The van der Waals surface area contributed by atoms with Gasteiger partial charge in [-0.25, -0.2) is 0 Å². The zero-order chi connectivity index (χ0) is 18.2. The first kappa shape index (κ1) is 22.7. The van der Waals surface area contributed by atoms with Gasteiger partial charge in [0.15, 0.2) is 0 Å². The molecule has 0 aromatic rings. The van der Waals surface area contributed by atoms with Gasteiger partial charge in [0.1, 0.15) is 12.5 Å². The molecule has 7 heteroatoms. The average Bonchev–Trinajstić information content (AvgIpc) is 3.43. The van der Waals surface area contributed by atoms with E-state index >= 15 is 0 Å². The molecular formula is C20H24FeN2O4+2. The number of amides is 2. The minimum Gasteiger partial charge on any atom is -0.359 e. The largest absolute Gasteiger partial charge is 2.00 e. The molecule has 0 aromatic carbocycles. The van der Waals surface area contributed by atoms with Gasteiger partial charge in [-0.3, -0.25) is 9.59 Å². The van der Waals surface area contributed by atoms with Crippen LogP contribution in [0, 0.1) is 63.2 Å². The van der Waals surface area contributed by atoms with Gasteiger partial charge in [-0.05, 0) is 77.0 Å². The summed E-state index contributed by atoms with van der Waals surface area (Å²) < 4.78 is 10.6. The molecule has 2 heterocycles. The van der Waals surface area contributed by atoms with Crippen LogP contribution in [-0.2, 0) is 36.1 Å². The first-order valence-corrected chi connectivity index (χ1v) is 9.01. The zero-order valence-electron chi connectivity index (χ0n) is 15.0. The molecule has 4 rings (SSSR count). The first-order chi connectivity index (χ1) is 12.7. The van der Waals surface area contributed by atoms with Crippen molar-refractivity contribution in [1.82, 2.24) is 10.6 Å². The van der Waals surface area contributed by atoms with Gasteiger partial charge in [-0.15, -0.1) is 0 Å². The van der Waals surface area contributed by atoms with Crippen LogP contribution in [-0.4, -0.2) is 37.5 Å². The van der Waals surface area contributed by atoms with E-state index in [0.717, 1.165) is 38.9 Å². The molecule has 10 radical (unpaired) electrons. The van der Waals surface area contributed by atoms with Crippen LogP contribution in [0.5, 0.6) is 0 Å². The molecule has 4 aliphatic rings. The molecule has 0 spiro atoms. The molecule has 2 saturated heterocycles. The Hall–Kier alpha value is -0.621. The third-order valence-corrected chi connectivity index (χ3v) is 4.29. The summed E-state index contributed by atoms with van der Waals surface area (Å²) in [5.74, 6) is 1.32. The summed E-state index contributed by atoms with van der Waals surface area (Å²) in [6.45, 7) is 1.51. The van der Waals surface area contributed by atoms with Gasteiger partial charge in [-0.1, -0.05) is 0 Å². The van der Waals surface area contributed by atoms with Gasteiger partial charge in [0, 0.05) is 13.2 Å². The predicted molar refractivity (Wildman–Crippen MR) is 95.1 cm³/mol. The fraction of sp³-hybridized carbons (Fsp3) is 0.400. The van der Waals surface area contributed by atoms with Crippen molar-refractivity contribution in [2.45, 2.75) is 38.1 Å². The maximum atomic E-state index is 11.5. The van der Waals surface area contributed by atoms with Crippen molar-refractivity contribution in [3.63, 3.8) is 0 Å². The van der Waals surface area contributed by atoms with Crippen molar-refractivity contribution in [1.29, 1.82) is 0 Å². The molecular weight excluding hydrogens is 388 g/mol. The molecule has 2 saturated carbocycles. The van der Waals surface area contributed by atoms with Gasteiger partial charge in [0.05, 0.1) is 11.8 Å². The molecule has 4 fully saturated rings. The van der Waals surface area contributed by atoms with E-state index in [1.54, 1.807) is 25.7 Å². The summed E-state index contributed by atoms with van der Waals surface area (Å²) in [6, 6.07) is 0. The third-order valence-electron chi connectivity index (χ3n) is 4.29. The van der Waals surface area contributed by atoms with Gasteiger partial charge in [0.2, 0.25) is 11.8 Å². The van der Waals surface area contributed by atoms with Crippen LogP contribution < -0.4 is 10.6 Å². The van der Waals surface area contributed by atoms with E-state index in [0.29, 0.717) is 11.8 Å². The summed E-state index contributed by atoms with van der Waals surface area (Å²) in [7, 11) is 0. The van der Waals surface area contributed by atoms with Crippen molar-refractivity contribution in [2.75, 3.05) is 13.2 Å². The smallest absolute Gasteiger partial charge is 0.359 e. The van der Waals surface area contributed by atoms with E-state index < -0.39 is 0 Å². The van der Waals surface area contributed by atoms with Crippen molar-refractivity contribution in [2.24, 2.45) is 0 Å². The van der Waals surface area contributed by atoms with Crippen molar-refractivity contribution >= 4 is 11.8 Å². The molecule has 0 bridgehead atoms. The Morgan fingerprint density at radius 3 is 1.41 bits per heavy atom. The number of carbonyl (C=O) groups excluding carboxylic acids is 2. The Morgan fingerprint density at radius 1 is 0.741 bits per heavy atom. The van der Waals surface area contributed by atoms with Crippen LogP contribution in [0.3, 0.4) is 0 Å². The molecule has 27 heavy (non-hydrogen) atoms. The van der Waals surface area contributed by atoms with E-state index in [2.05, 4.69) is 10.6 Å². The summed E-state index contributed by atoms with van der Waals surface area (Å²) in [5, 5.41) is 5.64. The molecule has 0 aromatic heterocycles. The van der Waals surface area contributed by atoms with Crippen molar-refractivity contribution in [3.05, 3.63) is 63.2 Å². The third kappa shape index (κ3) is 7.37. The Kier molecular flexibility index (Phi) is 10.1. The summed E-state index contributed by atoms with van der Waals surface area (Å²) >= 11 is 0. The predicted octanol–water partition coefficient (Wildman–Crippen LogP) is 1.29. The number of carbonyl (C=O) groups is 2. The van der Waals surface area contributed by atoms with E-state index in [9.17, 15) is 9.59 Å². The van der Waals surface area contributed by atoms with E-state index in [-0.39, 0.29) is 41.3 Å². The number of ether oxygens (including phenoxy) is 2. The van der Waals surface area contributed by atoms with Gasteiger partial charge in [0.25, 0.3) is 0 Å². The topological polar surface area (TPSA) is 76.7 Å². The van der Waals surface area contributed by atoms with Crippen LogP contribution in [0.25, 0.3) is 0 Å². The normalized spacial score (nSPS) is 28.3. The molecule has 6 nitrogen and oxygen atoms in total. The van der Waals surface area contributed by atoms with Gasteiger partial charge < -0.3 is 20.1 Å². The molecule has 2 aliphatic carbocycles. The van der Waals surface area contributed by atoms with Crippen LogP contribution in [0.4, 0.5) is 0 Å². The minimum absolute atomic E-state index is 0. The fourth-order valence-corrected chi connectivity index (χ4v) is 2.89. The summed E-state index contributed by atoms with van der Waals surface area (Å²) in [6.07, 6.45) is 18.3. The Morgan fingerprint density at radius 2 is 1.11 bits per heavy atom. The second-order valence-electron chi connectivity index (χ2n) is 6.30. The fourth-order valence-electron chi connectivity index (χ4n) is 2.89. The second-order valence-corrected chi connectivity index (χ2v) is 6.30. The quantitative estimate of drug-likeness (QED) is 0.683. The van der Waals surface area contributed by atoms with Gasteiger partial charge >= 0.3 is 17.1 Å². The van der Waals surface area contributed by atoms with E-state index in [4.69, 9.17) is 9.47 Å². The maximum absolute atomic E-state index is 11.5. The van der Waals surface area contributed by atoms with E-state index in [1.165, 1.54) is 0 Å². The molecule has 2 unspecified atom stereocenters. The average molecular weight is 412 g/mol. The van der Waals surface area contributed by atoms with Gasteiger partial charge in [-0.2, -0.15) is 0 Å². The molecule has 2 amide bonds. The summed E-state index contributed by atoms with van der Waals surface area (Å²) in [4.78, 5) is 22.9. The Balaban J connectivity index is 0.000000187. The molecule has 2 N–H and O–H groups in total. The van der Waals surface area contributed by atoms with E-state index in [1.807, 2.05) is 25.7 Å². The second kappa shape index (κ2) is 12.1. The van der Waals surface area contributed by atoms with Crippen molar-refractivity contribution < 1.29 is 36.1 Å². The number of rotatable bonds is 4. The first-order valence-electron chi connectivity index (χ1n) is 9.01. The van der Waals surface area contributed by atoms with Crippen LogP contribution in [0.15, 0.2) is 0 Å². The molecule has 144 valence electrons. The maximum Gasteiger partial charge on any atom is 2.00 e. The number of hydrogen-bond donors (Lipinski definition) is 2. The minimum atomic E-state index is -0.0811. The Bertz CT molecular complexity index is 411. The SMILES string of the molecule is O=C(NC1CCCO1)[C]1[CH][CH][CH][CH]1.O=C(NC1CCCO1)[C]1[CH][CH][CH][CH]1.[Fe+2]. The van der Waals surface area contributed by atoms with Crippen LogP contribution in [0.1, 0.15) is 25.7 Å².